The van der Waals surface area contributed by atoms with Crippen molar-refractivity contribution in [2.75, 3.05) is 34.0 Å². The lowest BCUT2D eigenvalue weighted by Crippen LogP contribution is -2.50. The van der Waals surface area contributed by atoms with Gasteiger partial charge in [0.1, 0.15) is 6.61 Å². The Balaban J connectivity index is 2.75. The molecule has 0 bridgehead atoms. The Morgan fingerprint density at radius 3 is 2.29 bits per heavy atom. The van der Waals surface area contributed by atoms with E-state index in [-0.39, 0.29) is 25.4 Å². The van der Waals surface area contributed by atoms with Crippen LogP contribution in [-0.4, -0.2) is 62.5 Å². The van der Waals surface area contributed by atoms with Crippen molar-refractivity contribution in [3.05, 3.63) is 29.3 Å². The van der Waals surface area contributed by atoms with Crippen LogP contribution in [0.5, 0.6) is 5.75 Å². The van der Waals surface area contributed by atoms with Gasteiger partial charge >= 0.3 is 12.1 Å². The number of carboxylic acids is 1. The molecule has 1 fully saturated rings. The van der Waals surface area contributed by atoms with E-state index in [0.717, 1.165) is 19.9 Å². The van der Waals surface area contributed by atoms with Crippen molar-refractivity contribution < 1.29 is 50.8 Å². The fourth-order valence-corrected chi connectivity index (χ4v) is 4.00. The van der Waals surface area contributed by atoms with E-state index >= 15 is 0 Å². The molecule has 31 heavy (non-hydrogen) atoms. The second kappa shape index (κ2) is 9.25. The van der Waals surface area contributed by atoms with E-state index in [2.05, 4.69) is 0 Å². The summed E-state index contributed by atoms with van der Waals surface area (Å²) in [5, 5.41) is 9.99. The van der Waals surface area contributed by atoms with E-state index in [1.54, 1.807) is 0 Å². The largest absolute Gasteiger partial charge is 0.488 e. The SMILES string of the molecule is COCCOc1c(C2C(C)C(C)(C(F)(F)F)O[C@@]2(CCOC)C(=O)O)ccc(F)c1F. The smallest absolute Gasteiger partial charge is 0.417 e. The van der Waals surface area contributed by atoms with E-state index in [4.69, 9.17) is 18.9 Å². The van der Waals surface area contributed by atoms with Crippen molar-refractivity contribution in [2.24, 2.45) is 5.92 Å². The van der Waals surface area contributed by atoms with E-state index < -0.39 is 59.0 Å². The molecule has 0 amide bonds. The average Bonchev–Trinajstić information content (AvgIpc) is 2.93. The first-order valence-electron chi connectivity index (χ1n) is 9.46. The molecule has 1 aliphatic rings. The van der Waals surface area contributed by atoms with Gasteiger partial charge in [-0.1, -0.05) is 13.0 Å². The number of alkyl halides is 3. The summed E-state index contributed by atoms with van der Waals surface area (Å²) < 4.78 is 90.7. The summed E-state index contributed by atoms with van der Waals surface area (Å²) in [5.74, 6) is -8.10. The Bertz CT molecular complexity index is 801. The Labute approximate surface area is 176 Å². The molecule has 2 rings (SSSR count). The van der Waals surface area contributed by atoms with Crippen molar-refractivity contribution in [1.82, 2.24) is 0 Å². The molecule has 1 aliphatic heterocycles. The van der Waals surface area contributed by atoms with E-state index in [1.165, 1.54) is 14.2 Å². The summed E-state index contributed by atoms with van der Waals surface area (Å²) in [6.07, 6.45) is -5.40. The van der Waals surface area contributed by atoms with Crippen LogP contribution in [0.4, 0.5) is 22.0 Å². The quantitative estimate of drug-likeness (QED) is 0.449. The Hall–Kier alpha value is -1.98. The van der Waals surface area contributed by atoms with Crippen molar-refractivity contribution in [3.8, 4) is 5.75 Å². The molecule has 1 aromatic carbocycles. The van der Waals surface area contributed by atoms with Gasteiger partial charge < -0.3 is 24.1 Å². The third kappa shape index (κ3) is 4.35. The first-order chi connectivity index (χ1) is 14.4. The molecule has 0 radical (unpaired) electrons. The topological polar surface area (TPSA) is 74.2 Å². The van der Waals surface area contributed by atoms with Gasteiger partial charge in [-0.15, -0.1) is 0 Å². The van der Waals surface area contributed by atoms with Gasteiger partial charge in [0.05, 0.1) is 6.61 Å². The number of carbonyl (C=O) groups is 1. The average molecular weight is 456 g/mol. The minimum absolute atomic E-state index is 0.0138. The van der Waals surface area contributed by atoms with Gasteiger partial charge in [-0.05, 0) is 13.0 Å². The van der Waals surface area contributed by atoms with Crippen LogP contribution in [0.1, 0.15) is 31.7 Å². The molecule has 1 saturated heterocycles. The number of aliphatic carboxylic acids is 1. The highest BCUT2D eigenvalue weighted by Gasteiger charge is 2.71. The molecule has 1 aromatic rings. The number of halogens is 5. The maximum absolute atomic E-state index is 14.6. The monoisotopic (exact) mass is 456 g/mol. The summed E-state index contributed by atoms with van der Waals surface area (Å²) in [4.78, 5) is 12.3. The maximum Gasteiger partial charge on any atom is 0.417 e. The Morgan fingerprint density at radius 1 is 1.16 bits per heavy atom. The molecule has 1 N–H and O–H groups in total. The maximum atomic E-state index is 14.6. The van der Waals surface area contributed by atoms with Gasteiger partial charge in [0.25, 0.3) is 0 Å². The minimum Gasteiger partial charge on any atom is -0.488 e. The zero-order chi connectivity index (χ0) is 23.6. The lowest BCUT2D eigenvalue weighted by molar-refractivity contribution is -0.287. The predicted octanol–water partition coefficient (Wildman–Crippen LogP) is 3.92. The number of ether oxygens (including phenoxy) is 4. The molecule has 0 saturated carbocycles. The lowest BCUT2D eigenvalue weighted by atomic mass is 9.71. The van der Waals surface area contributed by atoms with Crippen LogP contribution in [0.3, 0.4) is 0 Å². The fourth-order valence-electron chi connectivity index (χ4n) is 4.00. The molecule has 176 valence electrons. The first-order valence-corrected chi connectivity index (χ1v) is 9.46. The molecule has 3 unspecified atom stereocenters. The molecule has 1 heterocycles. The number of carboxylic acid groups (broad SMARTS) is 1. The van der Waals surface area contributed by atoms with Crippen LogP contribution in [-0.2, 0) is 19.0 Å². The summed E-state index contributed by atoms with van der Waals surface area (Å²) >= 11 is 0. The van der Waals surface area contributed by atoms with Gasteiger partial charge in [-0.25, -0.2) is 9.18 Å². The molecule has 6 nitrogen and oxygen atoms in total. The van der Waals surface area contributed by atoms with Crippen LogP contribution in [0.25, 0.3) is 0 Å². The summed E-state index contributed by atoms with van der Waals surface area (Å²) in [6.45, 7) is 1.41. The van der Waals surface area contributed by atoms with Crippen LogP contribution in [0.15, 0.2) is 12.1 Å². The third-order valence-corrected chi connectivity index (χ3v) is 5.82. The first kappa shape index (κ1) is 25.3. The zero-order valence-corrected chi connectivity index (χ0v) is 17.5. The molecular weight excluding hydrogens is 431 g/mol. The van der Waals surface area contributed by atoms with Crippen molar-refractivity contribution >= 4 is 5.97 Å². The van der Waals surface area contributed by atoms with Gasteiger partial charge in [0.2, 0.25) is 5.82 Å². The molecule has 11 heteroatoms. The molecule has 0 spiro atoms. The number of hydrogen-bond donors (Lipinski definition) is 1. The third-order valence-electron chi connectivity index (χ3n) is 5.82. The molecule has 0 aromatic heterocycles. The minimum atomic E-state index is -4.94. The van der Waals surface area contributed by atoms with Crippen LogP contribution in [0.2, 0.25) is 0 Å². The number of hydrogen-bond acceptors (Lipinski definition) is 5. The van der Waals surface area contributed by atoms with E-state index in [9.17, 15) is 31.9 Å². The number of methoxy groups -OCH3 is 2. The van der Waals surface area contributed by atoms with Crippen molar-refractivity contribution in [1.29, 1.82) is 0 Å². The zero-order valence-electron chi connectivity index (χ0n) is 17.5. The summed E-state index contributed by atoms with van der Waals surface area (Å²) in [5.41, 5.74) is -5.55. The van der Waals surface area contributed by atoms with Crippen LogP contribution in [0, 0.1) is 17.6 Å². The number of rotatable bonds is 9. The lowest BCUT2D eigenvalue weighted by Gasteiger charge is -2.33. The summed E-state index contributed by atoms with van der Waals surface area (Å²) in [6, 6.07) is 1.74. The van der Waals surface area contributed by atoms with Crippen molar-refractivity contribution in [3.63, 3.8) is 0 Å². The second-order valence-electron chi connectivity index (χ2n) is 7.53. The molecular formula is C20H25F5O6. The Morgan fingerprint density at radius 2 is 1.77 bits per heavy atom. The molecule has 4 atom stereocenters. The van der Waals surface area contributed by atoms with Gasteiger partial charge in [-0.2, -0.15) is 17.6 Å². The standard InChI is InChI=1S/C20H25F5O6/c1-11-14(12-5-6-13(21)15(22)16(12)30-10-9-29-4)19(17(26)27,7-8-28-3)31-18(11,2)20(23,24)25/h5-6,11,14H,7-10H2,1-4H3,(H,26,27)/t11?,14?,18?,19-/m1/s1. The fraction of sp³-hybridized carbons (Fsp3) is 0.650. The number of benzene rings is 1. The van der Waals surface area contributed by atoms with E-state index in [0.29, 0.717) is 6.07 Å². The second-order valence-corrected chi connectivity index (χ2v) is 7.53. The predicted molar refractivity (Wildman–Crippen MR) is 98.0 cm³/mol. The van der Waals surface area contributed by atoms with E-state index in [1.807, 2.05) is 0 Å². The highest BCUT2D eigenvalue weighted by molar-refractivity contribution is 5.80. The highest BCUT2D eigenvalue weighted by atomic mass is 19.4. The highest BCUT2D eigenvalue weighted by Crippen LogP contribution is 2.60. The van der Waals surface area contributed by atoms with Gasteiger partial charge in [0.15, 0.2) is 22.8 Å². The molecule has 0 aliphatic carbocycles. The van der Waals surface area contributed by atoms with Crippen LogP contribution >= 0.6 is 0 Å². The van der Waals surface area contributed by atoms with Gasteiger partial charge in [-0.3, -0.25) is 0 Å². The van der Waals surface area contributed by atoms with Gasteiger partial charge in [0, 0.05) is 44.6 Å². The van der Waals surface area contributed by atoms with Crippen molar-refractivity contribution in [2.45, 2.75) is 43.6 Å². The normalized spacial score (nSPS) is 28.7. The van der Waals surface area contributed by atoms with Crippen LogP contribution < -0.4 is 4.74 Å². The Kier molecular flexibility index (Phi) is 7.55. The summed E-state index contributed by atoms with van der Waals surface area (Å²) in [7, 11) is 2.59.